The molecule has 1 aromatic carbocycles. The van der Waals surface area contributed by atoms with E-state index in [0.29, 0.717) is 18.4 Å². The van der Waals surface area contributed by atoms with E-state index in [4.69, 9.17) is 4.74 Å². The van der Waals surface area contributed by atoms with Crippen LogP contribution in [-0.2, 0) is 14.3 Å². The van der Waals surface area contributed by atoms with E-state index in [0.717, 1.165) is 0 Å². The lowest BCUT2D eigenvalue weighted by Crippen LogP contribution is -2.70. The number of benzene rings is 1. The quantitative estimate of drug-likeness (QED) is 0.610. The number of hydrogen-bond donors (Lipinski definition) is 2. The van der Waals surface area contributed by atoms with Gasteiger partial charge in [0, 0.05) is 10.8 Å². The molecule has 3 aliphatic carbocycles. The van der Waals surface area contributed by atoms with Crippen molar-refractivity contribution in [3.8, 4) is 0 Å². The highest BCUT2D eigenvalue weighted by Gasteiger charge is 2.74. The Hall–Kier alpha value is -2.05. The molecule has 6 heteroatoms. The zero-order valence-corrected chi connectivity index (χ0v) is 22.0. The van der Waals surface area contributed by atoms with E-state index in [1.165, 1.54) is 0 Å². The second-order valence-corrected chi connectivity index (χ2v) is 12.6. The Kier molecular flexibility index (Phi) is 6.13. The molecule has 0 bridgehead atoms. The Morgan fingerprint density at radius 2 is 1.60 bits per heavy atom. The first kappa shape index (κ1) is 26.0. The molecule has 6 nitrogen and oxygen atoms in total. The fraction of sp³-hybridized carbons (Fsp3) is 0.690. The molecule has 0 amide bonds. The summed E-state index contributed by atoms with van der Waals surface area (Å²) in [6.07, 6.45) is -1.52. The number of hydrogen-bond acceptors (Lipinski definition) is 6. The number of ether oxygens (including phenoxy) is 1. The minimum absolute atomic E-state index is 0.131. The van der Waals surface area contributed by atoms with Crippen molar-refractivity contribution >= 4 is 17.5 Å². The van der Waals surface area contributed by atoms with Gasteiger partial charge in [0.05, 0.1) is 29.1 Å². The van der Waals surface area contributed by atoms with Crippen molar-refractivity contribution in [2.45, 2.75) is 86.0 Å². The van der Waals surface area contributed by atoms with Crippen LogP contribution in [0, 0.1) is 39.4 Å². The number of aliphatic hydroxyl groups excluding tert-OH is 2. The highest BCUT2D eigenvalue weighted by molar-refractivity contribution is 6.07. The van der Waals surface area contributed by atoms with Crippen LogP contribution in [0.15, 0.2) is 30.3 Å². The lowest BCUT2D eigenvalue weighted by atomic mass is 9.42. The number of carbonyl (C=O) groups excluding carboxylic acids is 3. The van der Waals surface area contributed by atoms with Crippen molar-refractivity contribution in [1.82, 2.24) is 0 Å². The molecule has 0 aliphatic heterocycles. The summed E-state index contributed by atoms with van der Waals surface area (Å²) in [5, 5.41) is 22.7. The first-order chi connectivity index (χ1) is 16.1. The maximum Gasteiger partial charge on any atom is 0.338 e. The molecule has 35 heavy (non-hydrogen) atoms. The van der Waals surface area contributed by atoms with Gasteiger partial charge in [-0.3, -0.25) is 9.59 Å². The van der Waals surface area contributed by atoms with E-state index in [1.807, 2.05) is 40.7 Å². The molecule has 4 rings (SSSR count). The summed E-state index contributed by atoms with van der Waals surface area (Å²) in [7, 11) is 0. The van der Waals surface area contributed by atoms with Gasteiger partial charge in [0.1, 0.15) is 17.7 Å². The van der Waals surface area contributed by atoms with E-state index in [1.54, 1.807) is 38.1 Å². The van der Waals surface area contributed by atoms with Crippen molar-refractivity contribution in [2.24, 2.45) is 39.4 Å². The first-order valence-electron chi connectivity index (χ1n) is 12.9. The Balaban J connectivity index is 1.79. The smallest absolute Gasteiger partial charge is 0.338 e. The standard InChI is InChI=1S/C29H40O6/c1-16-15-27(5)20(21(16)35-24(33)18-11-9-8-10-12-18)23(32)28(6)14-13-19(30)26(3,4)17(2)22(31)29(28,7)25(27)34/h8-12,16-17,19-22,30-31H,13-15H2,1-7H3/t16-,17-,19-,20+,21-,22+,27-,28-,29+/m0/s1. The third-order valence-corrected chi connectivity index (χ3v) is 10.6. The minimum Gasteiger partial charge on any atom is -0.458 e. The molecular formula is C29H40O6. The third kappa shape index (κ3) is 3.39. The average Bonchev–Trinajstić information content (AvgIpc) is 3.08. The topological polar surface area (TPSA) is 101 Å². The van der Waals surface area contributed by atoms with Gasteiger partial charge in [0.2, 0.25) is 0 Å². The molecule has 0 radical (unpaired) electrons. The van der Waals surface area contributed by atoms with Crippen molar-refractivity contribution in [3.63, 3.8) is 0 Å². The second kappa shape index (κ2) is 8.24. The monoisotopic (exact) mass is 484 g/mol. The largest absolute Gasteiger partial charge is 0.458 e. The van der Waals surface area contributed by atoms with Gasteiger partial charge in [-0.2, -0.15) is 0 Å². The van der Waals surface area contributed by atoms with Gasteiger partial charge in [0.25, 0.3) is 0 Å². The normalized spacial score (nSPS) is 45.2. The maximum atomic E-state index is 14.5. The summed E-state index contributed by atoms with van der Waals surface area (Å²) in [4.78, 5) is 41.9. The number of fused-ring (bicyclic) bond motifs is 2. The number of rotatable bonds is 2. The fourth-order valence-corrected chi connectivity index (χ4v) is 7.52. The molecule has 0 heterocycles. The van der Waals surface area contributed by atoms with Gasteiger partial charge in [-0.25, -0.2) is 4.79 Å². The summed E-state index contributed by atoms with van der Waals surface area (Å²) < 4.78 is 5.95. The van der Waals surface area contributed by atoms with E-state index in [-0.39, 0.29) is 23.9 Å². The van der Waals surface area contributed by atoms with Crippen molar-refractivity contribution in [2.75, 3.05) is 0 Å². The summed E-state index contributed by atoms with van der Waals surface area (Å²) in [6, 6.07) is 8.66. The molecule has 3 saturated carbocycles. The van der Waals surface area contributed by atoms with E-state index < -0.39 is 57.8 Å². The van der Waals surface area contributed by atoms with Crippen LogP contribution in [0.3, 0.4) is 0 Å². The average molecular weight is 485 g/mol. The van der Waals surface area contributed by atoms with Crippen molar-refractivity contribution in [1.29, 1.82) is 0 Å². The maximum absolute atomic E-state index is 14.5. The molecule has 1 aromatic rings. The third-order valence-electron chi connectivity index (χ3n) is 10.6. The summed E-state index contributed by atoms with van der Waals surface area (Å²) in [6.45, 7) is 12.9. The first-order valence-corrected chi connectivity index (χ1v) is 12.9. The number of esters is 1. The molecule has 0 unspecified atom stereocenters. The summed E-state index contributed by atoms with van der Waals surface area (Å²) in [5.41, 5.74) is -3.78. The Morgan fingerprint density at radius 1 is 1.00 bits per heavy atom. The predicted octanol–water partition coefficient (Wildman–Crippen LogP) is 4.22. The second-order valence-electron chi connectivity index (χ2n) is 12.6. The molecule has 3 fully saturated rings. The van der Waals surface area contributed by atoms with Gasteiger partial charge < -0.3 is 14.9 Å². The zero-order valence-electron chi connectivity index (χ0n) is 22.0. The number of carbonyl (C=O) groups is 3. The van der Waals surface area contributed by atoms with Gasteiger partial charge in [0.15, 0.2) is 0 Å². The van der Waals surface area contributed by atoms with Crippen LogP contribution in [0.25, 0.3) is 0 Å². The van der Waals surface area contributed by atoms with Crippen LogP contribution in [-0.4, -0.2) is 46.1 Å². The molecule has 2 N–H and O–H groups in total. The van der Waals surface area contributed by atoms with Crippen LogP contribution in [0.5, 0.6) is 0 Å². The fourth-order valence-electron chi connectivity index (χ4n) is 7.52. The van der Waals surface area contributed by atoms with E-state index in [9.17, 15) is 24.6 Å². The Morgan fingerprint density at radius 3 is 2.20 bits per heavy atom. The van der Waals surface area contributed by atoms with Crippen molar-refractivity contribution < 1.29 is 29.3 Å². The molecule has 0 aromatic heterocycles. The highest BCUT2D eigenvalue weighted by atomic mass is 16.5. The van der Waals surface area contributed by atoms with Gasteiger partial charge in [-0.1, -0.05) is 59.7 Å². The SMILES string of the molecule is C[C@H]1C[C@]2(C)C(=O)[C@@]3(C)[C@H](O)[C@H](C)C(C)(C)[C@@H](O)CC[C@@]3(C)C(=O)[C@H]2[C@H]1OC(=O)c1ccccc1. The Labute approximate surface area is 208 Å². The van der Waals surface area contributed by atoms with Gasteiger partial charge >= 0.3 is 5.97 Å². The van der Waals surface area contributed by atoms with Crippen LogP contribution < -0.4 is 0 Å². The van der Waals surface area contributed by atoms with Gasteiger partial charge in [-0.05, 0) is 55.6 Å². The van der Waals surface area contributed by atoms with E-state index >= 15 is 0 Å². The van der Waals surface area contributed by atoms with Gasteiger partial charge in [-0.15, -0.1) is 0 Å². The summed E-state index contributed by atoms with van der Waals surface area (Å²) >= 11 is 0. The molecule has 9 atom stereocenters. The zero-order chi connectivity index (χ0) is 26.1. The molecule has 192 valence electrons. The Bertz CT molecular complexity index is 1030. The number of Topliss-reactive ketones (excluding diaryl/α,β-unsaturated/α-hetero) is 2. The van der Waals surface area contributed by atoms with Crippen LogP contribution in [0.2, 0.25) is 0 Å². The lowest BCUT2D eigenvalue weighted by Gasteiger charge is -2.60. The lowest BCUT2D eigenvalue weighted by molar-refractivity contribution is -0.201. The highest BCUT2D eigenvalue weighted by Crippen LogP contribution is 2.66. The van der Waals surface area contributed by atoms with Crippen molar-refractivity contribution in [3.05, 3.63) is 35.9 Å². The van der Waals surface area contributed by atoms with E-state index in [2.05, 4.69) is 0 Å². The molecular weight excluding hydrogens is 444 g/mol. The molecule has 0 spiro atoms. The number of aliphatic hydroxyl groups is 2. The molecule has 3 aliphatic rings. The van der Waals surface area contributed by atoms with Crippen LogP contribution in [0.4, 0.5) is 0 Å². The number of ketones is 2. The summed E-state index contributed by atoms with van der Waals surface area (Å²) in [5.74, 6) is -2.18. The van der Waals surface area contributed by atoms with Crippen LogP contribution in [0.1, 0.15) is 78.1 Å². The predicted molar refractivity (Wildman–Crippen MR) is 131 cm³/mol. The minimum atomic E-state index is -1.32. The molecule has 0 saturated heterocycles. The van der Waals surface area contributed by atoms with Crippen LogP contribution >= 0.6 is 0 Å².